The molecule has 1 aromatic heterocycles. The molecule has 6 heteroatoms. The Morgan fingerprint density at radius 2 is 2.05 bits per heavy atom. The van der Waals surface area contributed by atoms with Crippen LogP contribution in [0.15, 0.2) is 29.6 Å². The lowest BCUT2D eigenvalue weighted by Gasteiger charge is -2.31. The molecule has 1 aliphatic rings. The van der Waals surface area contributed by atoms with Crippen LogP contribution in [0.5, 0.6) is 0 Å². The van der Waals surface area contributed by atoms with Gasteiger partial charge in [0.05, 0.1) is 5.54 Å². The average molecular weight is 341 g/mol. The summed E-state index contributed by atoms with van der Waals surface area (Å²) in [5, 5.41) is 6.43. The highest BCUT2D eigenvalue weighted by Crippen LogP contribution is 2.25. The first-order valence-corrected chi connectivity index (χ1v) is 8.17. The predicted molar refractivity (Wildman–Crippen MR) is 92.8 cm³/mol. The Morgan fingerprint density at radius 1 is 1.32 bits per heavy atom. The van der Waals surface area contributed by atoms with Crippen molar-refractivity contribution in [2.45, 2.75) is 24.8 Å². The fourth-order valence-electron chi connectivity index (χ4n) is 2.68. The summed E-state index contributed by atoms with van der Waals surface area (Å²) in [5.74, 6) is -0.0506. The van der Waals surface area contributed by atoms with Crippen LogP contribution in [-0.2, 0) is 16.0 Å². The minimum Gasteiger partial charge on any atom is -0.381 e. The molecule has 0 bridgehead atoms. The molecule has 0 unspecified atom stereocenters. The highest BCUT2D eigenvalue weighted by atomic mass is 35.5. The van der Waals surface area contributed by atoms with Crippen LogP contribution in [0.4, 0.5) is 0 Å². The molecule has 1 amide bonds. The fourth-order valence-corrected chi connectivity index (χ4v) is 3.67. The van der Waals surface area contributed by atoms with Crippen LogP contribution in [0.25, 0.3) is 10.1 Å². The summed E-state index contributed by atoms with van der Waals surface area (Å²) < 4.78 is 6.56. The minimum atomic E-state index is -0.755. The van der Waals surface area contributed by atoms with Crippen LogP contribution in [0, 0.1) is 0 Å². The molecule has 120 valence electrons. The maximum absolute atomic E-state index is 12.2. The van der Waals surface area contributed by atoms with Gasteiger partial charge < -0.3 is 15.8 Å². The number of benzene rings is 1. The molecule has 1 saturated heterocycles. The standard InChI is InChI=1S/C16H20N2O2S.ClH/c17-16(6-9-20-10-7-16)15(19)18-8-5-12-11-21-14-4-2-1-3-13(12)14;/h1-4,11H,5-10,17H2,(H,18,19);1H. The van der Waals surface area contributed by atoms with Gasteiger partial charge in [0.2, 0.25) is 5.91 Å². The van der Waals surface area contributed by atoms with Gasteiger partial charge in [-0.15, -0.1) is 23.7 Å². The van der Waals surface area contributed by atoms with Crippen LogP contribution in [0.2, 0.25) is 0 Å². The highest BCUT2D eigenvalue weighted by molar-refractivity contribution is 7.17. The van der Waals surface area contributed by atoms with Crippen molar-refractivity contribution in [3.05, 3.63) is 35.2 Å². The number of amides is 1. The van der Waals surface area contributed by atoms with Crippen molar-refractivity contribution in [2.24, 2.45) is 5.73 Å². The molecule has 3 N–H and O–H groups in total. The van der Waals surface area contributed by atoms with E-state index >= 15 is 0 Å². The highest BCUT2D eigenvalue weighted by Gasteiger charge is 2.35. The van der Waals surface area contributed by atoms with E-state index in [1.807, 2.05) is 12.1 Å². The van der Waals surface area contributed by atoms with E-state index in [4.69, 9.17) is 10.5 Å². The molecule has 2 aromatic rings. The van der Waals surface area contributed by atoms with Crippen LogP contribution >= 0.6 is 23.7 Å². The molecular formula is C16H21ClN2O2S. The zero-order chi connectivity index (χ0) is 14.7. The second-order valence-electron chi connectivity index (χ2n) is 5.53. The van der Waals surface area contributed by atoms with Crippen molar-refractivity contribution in [2.75, 3.05) is 19.8 Å². The fraction of sp³-hybridized carbons (Fsp3) is 0.438. The van der Waals surface area contributed by atoms with E-state index in [-0.39, 0.29) is 18.3 Å². The predicted octanol–water partition coefficient (Wildman–Crippen LogP) is 2.49. The van der Waals surface area contributed by atoms with Crippen molar-refractivity contribution >= 4 is 39.7 Å². The summed E-state index contributed by atoms with van der Waals surface area (Å²) in [7, 11) is 0. The van der Waals surface area contributed by atoms with Crippen molar-refractivity contribution in [3.8, 4) is 0 Å². The van der Waals surface area contributed by atoms with E-state index in [0.29, 0.717) is 32.6 Å². The van der Waals surface area contributed by atoms with Crippen LogP contribution in [0.3, 0.4) is 0 Å². The summed E-state index contributed by atoms with van der Waals surface area (Å²) in [6.45, 7) is 1.76. The number of hydrogen-bond donors (Lipinski definition) is 2. The monoisotopic (exact) mass is 340 g/mol. The molecule has 0 aliphatic carbocycles. The Kier molecular flexibility index (Phi) is 5.81. The Balaban J connectivity index is 0.00000176. The van der Waals surface area contributed by atoms with Gasteiger partial charge in [-0.2, -0.15) is 0 Å². The van der Waals surface area contributed by atoms with E-state index in [0.717, 1.165) is 6.42 Å². The number of carbonyl (C=O) groups excluding carboxylic acids is 1. The molecule has 0 saturated carbocycles. The molecule has 2 heterocycles. The van der Waals surface area contributed by atoms with Gasteiger partial charge in [-0.25, -0.2) is 0 Å². The molecule has 0 atom stereocenters. The maximum Gasteiger partial charge on any atom is 0.240 e. The van der Waals surface area contributed by atoms with E-state index < -0.39 is 5.54 Å². The normalized spacial score (nSPS) is 17.0. The summed E-state index contributed by atoms with van der Waals surface area (Å²) >= 11 is 1.75. The number of hydrogen-bond acceptors (Lipinski definition) is 4. The lowest BCUT2D eigenvalue weighted by atomic mass is 9.90. The molecule has 1 aliphatic heterocycles. The number of halogens is 1. The molecule has 1 aromatic carbocycles. The zero-order valence-electron chi connectivity index (χ0n) is 12.3. The summed E-state index contributed by atoms with van der Waals surface area (Å²) in [4.78, 5) is 12.2. The first-order valence-electron chi connectivity index (χ1n) is 7.29. The Morgan fingerprint density at radius 3 is 2.82 bits per heavy atom. The number of carbonyl (C=O) groups is 1. The van der Waals surface area contributed by atoms with Crippen molar-refractivity contribution in [3.63, 3.8) is 0 Å². The molecule has 0 spiro atoms. The third-order valence-electron chi connectivity index (χ3n) is 4.08. The second-order valence-corrected chi connectivity index (χ2v) is 6.44. The SMILES string of the molecule is Cl.NC1(C(=O)NCCc2csc3ccccc23)CCOCC1. The average Bonchev–Trinajstić information content (AvgIpc) is 2.91. The van der Waals surface area contributed by atoms with Crippen molar-refractivity contribution < 1.29 is 9.53 Å². The van der Waals surface area contributed by atoms with Gasteiger partial charge in [0, 0.05) is 24.5 Å². The summed E-state index contributed by atoms with van der Waals surface area (Å²) in [5.41, 5.74) is 6.69. The zero-order valence-corrected chi connectivity index (χ0v) is 14.0. The van der Waals surface area contributed by atoms with Gasteiger partial charge in [-0.05, 0) is 41.7 Å². The van der Waals surface area contributed by atoms with Gasteiger partial charge in [0.1, 0.15) is 0 Å². The lowest BCUT2D eigenvalue weighted by molar-refractivity contribution is -0.129. The topological polar surface area (TPSA) is 64.4 Å². The number of rotatable bonds is 4. The van der Waals surface area contributed by atoms with Gasteiger partial charge in [0.25, 0.3) is 0 Å². The first kappa shape index (κ1) is 17.2. The van der Waals surface area contributed by atoms with E-state index in [1.165, 1.54) is 15.6 Å². The number of nitrogens with two attached hydrogens (primary N) is 1. The number of thiophene rings is 1. The molecular weight excluding hydrogens is 320 g/mol. The molecule has 4 nitrogen and oxygen atoms in total. The van der Waals surface area contributed by atoms with E-state index in [9.17, 15) is 4.79 Å². The van der Waals surface area contributed by atoms with E-state index in [1.54, 1.807) is 11.3 Å². The summed E-state index contributed by atoms with van der Waals surface area (Å²) in [6, 6.07) is 8.35. The van der Waals surface area contributed by atoms with Gasteiger partial charge in [-0.3, -0.25) is 4.79 Å². The molecule has 22 heavy (non-hydrogen) atoms. The Labute approximate surface area is 140 Å². The van der Waals surface area contributed by atoms with Gasteiger partial charge in [0.15, 0.2) is 0 Å². The van der Waals surface area contributed by atoms with Gasteiger partial charge >= 0.3 is 0 Å². The Bertz CT molecular complexity index is 638. The number of nitrogens with one attached hydrogen (secondary N) is 1. The molecule has 1 fully saturated rings. The Hall–Kier alpha value is -1.14. The number of ether oxygens (including phenoxy) is 1. The van der Waals surface area contributed by atoms with Gasteiger partial charge in [-0.1, -0.05) is 18.2 Å². The lowest BCUT2D eigenvalue weighted by Crippen LogP contribution is -2.57. The third-order valence-corrected chi connectivity index (χ3v) is 5.09. The number of fused-ring (bicyclic) bond motifs is 1. The smallest absolute Gasteiger partial charge is 0.240 e. The third kappa shape index (κ3) is 3.60. The van der Waals surface area contributed by atoms with E-state index in [2.05, 4.69) is 22.8 Å². The largest absolute Gasteiger partial charge is 0.381 e. The first-order chi connectivity index (χ1) is 10.2. The maximum atomic E-state index is 12.2. The van der Waals surface area contributed by atoms with Crippen LogP contribution < -0.4 is 11.1 Å². The van der Waals surface area contributed by atoms with Crippen molar-refractivity contribution in [1.29, 1.82) is 0 Å². The van der Waals surface area contributed by atoms with Crippen molar-refractivity contribution in [1.82, 2.24) is 5.32 Å². The quantitative estimate of drug-likeness (QED) is 0.898. The molecule has 0 radical (unpaired) electrons. The van der Waals surface area contributed by atoms with Crippen LogP contribution in [-0.4, -0.2) is 31.2 Å². The second kappa shape index (κ2) is 7.42. The molecule has 3 rings (SSSR count). The van der Waals surface area contributed by atoms with Crippen LogP contribution in [0.1, 0.15) is 18.4 Å². The summed E-state index contributed by atoms with van der Waals surface area (Å²) in [6.07, 6.45) is 2.03. The minimum absolute atomic E-state index is 0.